The second-order valence-electron chi connectivity index (χ2n) is 5.67. The molecule has 2 heteroatoms. The van der Waals surface area contributed by atoms with Crippen LogP contribution < -0.4 is 0 Å². The van der Waals surface area contributed by atoms with Gasteiger partial charge in [-0.25, -0.2) is 4.39 Å². The van der Waals surface area contributed by atoms with Gasteiger partial charge in [0, 0.05) is 12.0 Å². The maximum absolute atomic E-state index is 13.2. The van der Waals surface area contributed by atoms with E-state index in [2.05, 4.69) is 6.92 Å². The summed E-state index contributed by atoms with van der Waals surface area (Å²) < 4.78 is 13.2. The summed E-state index contributed by atoms with van der Waals surface area (Å²) in [6.07, 6.45) is 10.3. The molecule has 0 aliphatic carbocycles. The first kappa shape index (κ1) is 16.9. The standard InChI is InChI=1S/C18H27FO/c1-3-4-5-6-7-8-9-10-11-18(20)16-12-15(2)13-17(19)14-16/h12-14H,3-11H2,1-2H3. The Morgan fingerprint density at radius 1 is 0.950 bits per heavy atom. The number of rotatable bonds is 10. The van der Waals surface area contributed by atoms with Crippen LogP contribution in [0.25, 0.3) is 0 Å². The molecule has 112 valence electrons. The highest BCUT2D eigenvalue weighted by atomic mass is 19.1. The maximum Gasteiger partial charge on any atom is 0.162 e. The van der Waals surface area contributed by atoms with Gasteiger partial charge in [-0.2, -0.15) is 0 Å². The molecule has 0 radical (unpaired) electrons. The first-order valence-electron chi connectivity index (χ1n) is 7.94. The average Bonchev–Trinajstić information content (AvgIpc) is 2.40. The van der Waals surface area contributed by atoms with Gasteiger partial charge in [0.2, 0.25) is 0 Å². The van der Waals surface area contributed by atoms with E-state index in [1.54, 1.807) is 6.07 Å². The Labute approximate surface area is 122 Å². The lowest BCUT2D eigenvalue weighted by Gasteiger charge is -2.04. The molecule has 1 aromatic carbocycles. The molecule has 0 spiro atoms. The predicted octanol–water partition coefficient (Wildman–Crippen LogP) is 5.85. The summed E-state index contributed by atoms with van der Waals surface area (Å²) in [6, 6.07) is 4.57. The SMILES string of the molecule is CCCCCCCCCCC(=O)c1cc(C)cc(F)c1. The number of aryl methyl sites for hydroxylation is 1. The fourth-order valence-corrected chi connectivity index (χ4v) is 2.46. The molecule has 0 saturated heterocycles. The van der Waals surface area contributed by atoms with E-state index in [9.17, 15) is 9.18 Å². The Balaban J connectivity index is 2.17. The average molecular weight is 278 g/mol. The number of benzene rings is 1. The maximum atomic E-state index is 13.2. The number of carbonyl (C=O) groups excluding carboxylic acids is 1. The van der Waals surface area contributed by atoms with Crippen LogP contribution in [0.5, 0.6) is 0 Å². The van der Waals surface area contributed by atoms with Crippen molar-refractivity contribution in [2.75, 3.05) is 0 Å². The van der Waals surface area contributed by atoms with Crippen molar-refractivity contribution in [1.82, 2.24) is 0 Å². The van der Waals surface area contributed by atoms with Crippen molar-refractivity contribution in [3.63, 3.8) is 0 Å². The highest BCUT2D eigenvalue weighted by Crippen LogP contribution is 2.14. The summed E-state index contributed by atoms with van der Waals surface area (Å²) in [6.45, 7) is 4.04. The van der Waals surface area contributed by atoms with Crippen LogP contribution in [0.15, 0.2) is 18.2 Å². The molecule has 0 aliphatic rings. The summed E-state index contributed by atoms with van der Waals surface area (Å²) in [5.41, 5.74) is 1.33. The number of unbranched alkanes of at least 4 members (excludes halogenated alkanes) is 7. The van der Waals surface area contributed by atoms with Crippen molar-refractivity contribution < 1.29 is 9.18 Å². The number of Topliss-reactive ketones (excluding diaryl/α,β-unsaturated/α-hetero) is 1. The van der Waals surface area contributed by atoms with Gasteiger partial charge >= 0.3 is 0 Å². The monoisotopic (exact) mass is 278 g/mol. The Hall–Kier alpha value is -1.18. The minimum Gasteiger partial charge on any atom is -0.294 e. The van der Waals surface area contributed by atoms with E-state index in [0.717, 1.165) is 18.4 Å². The van der Waals surface area contributed by atoms with E-state index in [1.807, 2.05) is 6.92 Å². The minimum absolute atomic E-state index is 0.0681. The van der Waals surface area contributed by atoms with Gasteiger partial charge in [0.15, 0.2) is 5.78 Å². The summed E-state index contributed by atoms with van der Waals surface area (Å²) >= 11 is 0. The van der Waals surface area contributed by atoms with Gasteiger partial charge in [-0.05, 0) is 37.1 Å². The van der Waals surface area contributed by atoms with E-state index >= 15 is 0 Å². The van der Waals surface area contributed by atoms with Gasteiger partial charge in [-0.1, -0.05) is 51.9 Å². The Morgan fingerprint density at radius 3 is 2.15 bits per heavy atom. The highest BCUT2D eigenvalue weighted by Gasteiger charge is 2.07. The zero-order chi connectivity index (χ0) is 14.8. The normalized spacial score (nSPS) is 10.8. The number of hydrogen-bond donors (Lipinski definition) is 0. The highest BCUT2D eigenvalue weighted by molar-refractivity contribution is 5.96. The molecular formula is C18H27FO. The molecule has 0 N–H and O–H groups in total. The topological polar surface area (TPSA) is 17.1 Å². The minimum atomic E-state index is -0.315. The fraction of sp³-hybridized carbons (Fsp3) is 0.611. The molecule has 0 fully saturated rings. The molecule has 0 aromatic heterocycles. The number of carbonyl (C=O) groups is 1. The summed E-state index contributed by atoms with van der Waals surface area (Å²) in [4.78, 5) is 12.0. The molecule has 0 heterocycles. The van der Waals surface area contributed by atoms with Crippen molar-refractivity contribution in [2.24, 2.45) is 0 Å². The second-order valence-corrected chi connectivity index (χ2v) is 5.67. The van der Waals surface area contributed by atoms with Crippen molar-refractivity contribution in [3.05, 3.63) is 35.1 Å². The van der Waals surface area contributed by atoms with Crippen LogP contribution in [-0.4, -0.2) is 5.78 Å². The lowest BCUT2D eigenvalue weighted by molar-refractivity contribution is 0.0978. The zero-order valence-electron chi connectivity index (χ0n) is 12.9. The Morgan fingerprint density at radius 2 is 1.55 bits per heavy atom. The van der Waals surface area contributed by atoms with Crippen molar-refractivity contribution in [2.45, 2.75) is 71.6 Å². The molecule has 0 bridgehead atoms. The molecular weight excluding hydrogens is 251 g/mol. The predicted molar refractivity (Wildman–Crippen MR) is 82.7 cm³/mol. The smallest absolute Gasteiger partial charge is 0.162 e. The largest absolute Gasteiger partial charge is 0.294 e. The second kappa shape index (κ2) is 9.68. The molecule has 0 unspecified atom stereocenters. The molecule has 1 rings (SSSR count). The van der Waals surface area contributed by atoms with E-state index < -0.39 is 0 Å². The molecule has 0 saturated carbocycles. The number of hydrogen-bond acceptors (Lipinski definition) is 1. The van der Waals surface area contributed by atoms with Gasteiger partial charge in [-0.15, -0.1) is 0 Å². The van der Waals surface area contributed by atoms with Crippen LogP contribution in [0.2, 0.25) is 0 Å². The first-order chi connectivity index (χ1) is 9.63. The van der Waals surface area contributed by atoms with Gasteiger partial charge in [0.25, 0.3) is 0 Å². The summed E-state index contributed by atoms with van der Waals surface area (Å²) in [7, 11) is 0. The summed E-state index contributed by atoms with van der Waals surface area (Å²) in [5.74, 6) is -0.247. The third-order valence-corrected chi connectivity index (χ3v) is 3.62. The van der Waals surface area contributed by atoms with E-state index in [0.29, 0.717) is 12.0 Å². The lowest BCUT2D eigenvalue weighted by Crippen LogP contribution is -2.00. The molecule has 0 aliphatic heterocycles. The Kier molecular flexibility index (Phi) is 8.17. The summed E-state index contributed by atoms with van der Waals surface area (Å²) in [5, 5.41) is 0. The molecule has 20 heavy (non-hydrogen) atoms. The van der Waals surface area contributed by atoms with Gasteiger partial charge < -0.3 is 0 Å². The van der Waals surface area contributed by atoms with Gasteiger partial charge in [-0.3, -0.25) is 4.79 Å². The third-order valence-electron chi connectivity index (χ3n) is 3.62. The van der Waals surface area contributed by atoms with Gasteiger partial charge in [0.05, 0.1) is 0 Å². The molecule has 1 aromatic rings. The quantitative estimate of drug-likeness (QED) is 0.387. The lowest BCUT2D eigenvalue weighted by atomic mass is 10.0. The number of halogens is 1. The van der Waals surface area contributed by atoms with Crippen LogP contribution in [0.3, 0.4) is 0 Å². The van der Waals surface area contributed by atoms with Gasteiger partial charge in [0.1, 0.15) is 5.82 Å². The first-order valence-corrected chi connectivity index (χ1v) is 7.94. The van der Waals surface area contributed by atoms with Crippen molar-refractivity contribution >= 4 is 5.78 Å². The fourth-order valence-electron chi connectivity index (χ4n) is 2.46. The Bertz CT molecular complexity index is 392. The van der Waals surface area contributed by atoms with Crippen LogP contribution in [0.4, 0.5) is 4.39 Å². The van der Waals surface area contributed by atoms with Crippen LogP contribution >= 0.6 is 0 Å². The molecule has 1 nitrogen and oxygen atoms in total. The van der Waals surface area contributed by atoms with E-state index in [4.69, 9.17) is 0 Å². The van der Waals surface area contributed by atoms with Crippen LogP contribution in [0, 0.1) is 12.7 Å². The van der Waals surface area contributed by atoms with Crippen molar-refractivity contribution in [1.29, 1.82) is 0 Å². The van der Waals surface area contributed by atoms with E-state index in [1.165, 1.54) is 50.7 Å². The van der Waals surface area contributed by atoms with Crippen molar-refractivity contribution in [3.8, 4) is 0 Å². The van der Waals surface area contributed by atoms with Crippen LogP contribution in [-0.2, 0) is 0 Å². The molecule has 0 atom stereocenters. The van der Waals surface area contributed by atoms with E-state index in [-0.39, 0.29) is 11.6 Å². The number of ketones is 1. The zero-order valence-corrected chi connectivity index (χ0v) is 12.9. The van der Waals surface area contributed by atoms with Crippen LogP contribution in [0.1, 0.15) is 80.6 Å². The third kappa shape index (κ3) is 6.83. The molecule has 0 amide bonds.